The van der Waals surface area contributed by atoms with E-state index in [0.29, 0.717) is 6.54 Å². The van der Waals surface area contributed by atoms with Gasteiger partial charge in [-0.2, -0.15) is 0 Å². The van der Waals surface area contributed by atoms with Crippen LogP contribution in [0, 0.1) is 0 Å². The van der Waals surface area contributed by atoms with Crippen molar-refractivity contribution < 1.29 is 4.21 Å². The molecule has 0 saturated heterocycles. The molecule has 1 heterocycles. The standard InChI is InChI=1S/C11H20N4OS/c1-5-9-14-10(12-3)6-11(15-9)13-7-8(2)17(4)16/h6,8H,5,7H2,1-4H3,(H2,12,13,14,15). The van der Waals surface area contributed by atoms with E-state index in [9.17, 15) is 4.21 Å². The number of nitrogens with zero attached hydrogens (tertiary/aromatic N) is 2. The first-order chi connectivity index (χ1) is 8.06. The minimum Gasteiger partial charge on any atom is -0.373 e. The Morgan fingerprint density at radius 3 is 2.59 bits per heavy atom. The van der Waals surface area contributed by atoms with Gasteiger partial charge in [-0.05, 0) is 6.92 Å². The topological polar surface area (TPSA) is 66.9 Å². The van der Waals surface area contributed by atoms with Crippen LogP contribution >= 0.6 is 0 Å². The monoisotopic (exact) mass is 256 g/mol. The summed E-state index contributed by atoms with van der Waals surface area (Å²) in [5.74, 6) is 2.37. The first-order valence-corrected chi connectivity index (χ1v) is 7.30. The van der Waals surface area contributed by atoms with Crippen molar-refractivity contribution in [3.8, 4) is 0 Å². The summed E-state index contributed by atoms with van der Waals surface area (Å²) in [4.78, 5) is 8.68. The largest absolute Gasteiger partial charge is 0.373 e. The molecule has 0 saturated carbocycles. The van der Waals surface area contributed by atoms with Crippen LogP contribution in [-0.4, -0.2) is 39.3 Å². The highest BCUT2D eigenvalue weighted by Crippen LogP contribution is 2.11. The van der Waals surface area contributed by atoms with Crippen LogP contribution in [-0.2, 0) is 17.2 Å². The Hall–Kier alpha value is -1.17. The van der Waals surface area contributed by atoms with Gasteiger partial charge in [-0.1, -0.05) is 6.92 Å². The zero-order valence-corrected chi connectivity index (χ0v) is 11.6. The zero-order chi connectivity index (χ0) is 12.8. The Morgan fingerprint density at radius 1 is 1.41 bits per heavy atom. The smallest absolute Gasteiger partial charge is 0.132 e. The van der Waals surface area contributed by atoms with E-state index in [0.717, 1.165) is 23.9 Å². The van der Waals surface area contributed by atoms with Gasteiger partial charge in [-0.25, -0.2) is 9.97 Å². The van der Waals surface area contributed by atoms with Crippen molar-refractivity contribution in [3.05, 3.63) is 11.9 Å². The van der Waals surface area contributed by atoms with Crippen LogP contribution in [0.3, 0.4) is 0 Å². The summed E-state index contributed by atoms with van der Waals surface area (Å²) in [6.45, 7) is 4.61. The Labute approximate surface area is 105 Å². The highest BCUT2D eigenvalue weighted by Gasteiger charge is 2.07. The molecule has 1 rings (SSSR count). The molecule has 96 valence electrons. The summed E-state index contributed by atoms with van der Waals surface area (Å²) < 4.78 is 11.2. The summed E-state index contributed by atoms with van der Waals surface area (Å²) in [6, 6.07) is 1.85. The average Bonchev–Trinajstić information content (AvgIpc) is 2.35. The van der Waals surface area contributed by atoms with Gasteiger partial charge in [0.2, 0.25) is 0 Å². The average molecular weight is 256 g/mol. The van der Waals surface area contributed by atoms with E-state index in [2.05, 4.69) is 20.6 Å². The van der Waals surface area contributed by atoms with E-state index < -0.39 is 10.8 Å². The quantitative estimate of drug-likeness (QED) is 0.802. The minimum atomic E-state index is -0.820. The van der Waals surface area contributed by atoms with Crippen molar-refractivity contribution in [2.45, 2.75) is 25.5 Å². The highest BCUT2D eigenvalue weighted by molar-refractivity contribution is 7.84. The lowest BCUT2D eigenvalue weighted by Gasteiger charge is -2.12. The molecule has 2 unspecified atom stereocenters. The molecule has 0 bridgehead atoms. The lowest BCUT2D eigenvalue weighted by Crippen LogP contribution is -2.21. The third kappa shape index (κ3) is 4.30. The van der Waals surface area contributed by atoms with Crippen molar-refractivity contribution in [1.82, 2.24) is 9.97 Å². The van der Waals surface area contributed by atoms with Crippen LogP contribution in [0.1, 0.15) is 19.7 Å². The number of aryl methyl sites for hydroxylation is 1. The molecule has 0 amide bonds. The van der Waals surface area contributed by atoms with Crippen LogP contribution in [0.5, 0.6) is 0 Å². The molecule has 0 radical (unpaired) electrons. The number of nitrogens with one attached hydrogen (secondary N) is 2. The number of anilines is 2. The Bertz CT molecular complexity index is 375. The van der Waals surface area contributed by atoms with E-state index in [-0.39, 0.29) is 5.25 Å². The number of aromatic nitrogens is 2. The Morgan fingerprint density at radius 2 is 2.06 bits per heavy atom. The molecule has 6 heteroatoms. The molecular formula is C11H20N4OS. The fourth-order valence-corrected chi connectivity index (χ4v) is 1.56. The molecule has 5 nitrogen and oxygen atoms in total. The SMILES string of the molecule is CCc1nc(NC)cc(NCC(C)S(C)=O)n1. The molecule has 0 aliphatic rings. The summed E-state index contributed by atoms with van der Waals surface area (Å²) >= 11 is 0. The molecule has 1 aromatic heterocycles. The predicted molar refractivity (Wildman–Crippen MR) is 73.0 cm³/mol. The van der Waals surface area contributed by atoms with Gasteiger partial charge in [-0.15, -0.1) is 0 Å². The summed E-state index contributed by atoms with van der Waals surface area (Å²) in [5, 5.41) is 6.30. The summed E-state index contributed by atoms with van der Waals surface area (Å²) in [7, 11) is 1.01. The minimum absolute atomic E-state index is 0.105. The molecule has 2 atom stereocenters. The van der Waals surface area contributed by atoms with Gasteiger partial charge in [0.1, 0.15) is 17.5 Å². The molecule has 0 spiro atoms. The molecule has 0 aliphatic carbocycles. The van der Waals surface area contributed by atoms with Crippen LogP contribution in [0.25, 0.3) is 0 Å². The highest BCUT2D eigenvalue weighted by atomic mass is 32.2. The van der Waals surface area contributed by atoms with Crippen LogP contribution in [0.15, 0.2) is 6.07 Å². The predicted octanol–water partition coefficient (Wildman–Crippen LogP) is 1.26. The van der Waals surface area contributed by atoms with Gasteiger partial charge >= 0.3 is 0 Å². The Balaban J connectivity index is 2.73. The van der Waals surface area contributed by atoms with Crippen molar-refractivity contribution >= 4 is 22.4 Å². The van der Waals surface area contributed by atoms with E-state index in [1.807, 2.05) is 27.0 Å². The fraction of sp³-hybridized carbons (Fsp3) is 0.636. The lowest BCUT2D eigenvalue weighted by molar-refractivity contribution is 0.678. The van der Waals surface area contributed by atoms with Gasteiger partial charge < -0.3 is 10.6 Å². The van der Waals surface area contributed by atoms with Crippen molar-refractivity contribution in [2.75, 3.05) is 30.5 Å². The first-order valence-electron chi connectivity index (χ1n) is 5.68. The Kier molecular flexibility index (Phi) is 5.34. The maximum absolute atomic E-state index is 11.2. The van der Waals surface area contributed by atoms with E-state index >= 15 is 0 Å². The second kappa shape index (κ2) is 6.54. The third-order valence-electron chi connectivity index (χ3n) is 2.48. The molecular weight excluding hydrogens is 236 g/mol. The van der Waals surface area contributed by atoms with Crippen LogP contribution in [0.2, 0.25) is 0 Å². The van der Waals surface area contributed by atoms with Gasteiger partial charge in [0.05, 0.1) is 0 Å². The van der Waals surface area contributed by atoms with Crippen LogP contribution in [0.4, 0.5) is 11.6 Å². The van der Waals surface area contributed by atoms with E-state index in [1.54, 1.807) is 6.26 Å². The van der Waals surface area contributed by atoms with Gasteiger partial charge in [0.25, 0.3) is 0 Å². The maximum Gasteiger partial charge on any atom is 0.132 e. The lowest BCUT2D eigenvalue weighted by atomic mass is 10.4. The van der Waals surface area contributed by atoms with E-state index in [1.165, 1.54) is 0 Å². The molecule has 17 heavy (non-hydrogen) atoms. The second-order valence-corrected chi connectivity index (χ2v) is 5.65. The maximum atomic E-state index is 11.2. The molecule has 0 aliphatic heterocycles. The van der Waals surface area contributed by atoms with E-state index in [4.69, 9.17) is 0 Å². The molecule has 1 aromatic rings. The summed E-state index contributed by atoms with van der Waals surface area (Å²) in [6.07, 6.45) is 2.50. The van der Waals surface area contributed by atoms with Gasteiger partial charge in [0, 0.05) is 48.4 Å². The van der Waals surface area contributed by atoms with Crippen molar-refractivity contribution in [1.29, 1.82) is 0 Å². The molecule has 0 fully saturated rings. The third-order valence-corrected chi connectivity index (χ3v) is 3.78. The first kappa shape index (κ1) is 13.9. The van der Waals surface area contributed by atoms with Gasteiger partial charge in [-0.3, -0.25) is 4.21 Å². The summed E-state index contributed by atoms with van der Waals surface area (Å²) in [5.41, 5.74) is 0. The van der Waals surface area contributed by atoms with Gasteiger partial charge in [0.15, 0.2) is 0 Å². The number of hydrogen-bond donors (Lipinski definition) is 2. The van der Waals surface area contributed by atoms with Crippen LogP contribution < -0.4 is 10.6 Å². The van der Waals surface area contributed by atoms with Crippen molar-refractivity contribution in [2.24, 2.45) is 0 Å². The molecule has 0 aromatic carbocycles. The zero-order valence-electron chi connectivity index (χ0n) is 10.8. The molecule has 2 N–H and O–H groups in total. The normalized spacial score (nSPS) is 14.1. The number of hydrogen-bond acceptors (Lipinski definition) is 5. The van der Waals surface area contributed by atoms with Crippen molar-refractivity contribution in [3.63, 3.8) is 0 Å². The second-order valence-electron chi connectivity index (χ2n) is 3.85. The number of rotatable bonds is 6. The fourth-order valence-electron chi connectivity index (χ4n) is 1.24.